The summed E-state index contributed by atoms with van der Waals surface area (Å²) in [7, 11) is 0. The molecule has 0 radical (unpaired) electrons. The quantitative estimate of drug-likeness (QED) is 0.744. The van der Waals surface area contributed by atoms with Gasteiger partial charge < -0.3 is 11.1 Å². The number of carbonyl (C=O) groups excluding carboxylic acids is 2. The molecule has 130 valence electrons. The zero-order valence-corrected chi connectivity index (χ0v) is 14.3. The Balaban J connectivity index is 0.00000484. The highest BCUT2D eigenvalue weighted by atomic mass is 35.5. The number of carbonyl (C=O) groups is 2. The molecule has 0 spiro atoms. The van der Waals surface area contributed by atoms with Gasteiger partial charge in [-0.25, -0.2) is 8.78 Å². The maximum absolute atomic E-state index is 13.1. The average molecular weight is 349 g/mol. The number of amides is 1. The number of hydrogen-bond donors (Lipinski definition) is 2. The van der Waals surface area contributed by atoms with Crippen LogP contribution in [0.1, 0.15) is 44.0 Å². The first-order valence-corrected chi connectivity index (χ1v) is 7.19. The highest BCUT2D eigenvalue weighted by Gasteiger charge is 2.28. The Kier molecular flexibility index (Phi) is 8.34. The van der Waals surface area contributed by atoms with Crippen LogP contribution in [0.2, 0.25) is 0 Å². The molecule has 1 aromatic carbocycles. The minimum Gasteiger partial charge on any atom is -0.349 e. The van der Waals surface area contributed by atoms with Gasteiger partial charge in [0, 0.05) is 24.9 Å². The first kappa shape index (κ1) is 21.5. The van der Waals surface area contributed by atoms with Crippen LogP contribution in [0.25, 0.3) is 0 Å². The van der Waals surface area contributed by atoms with Crippen molar-refractivity contribution in [1.82, 2.24) is 5.32 Å². The average Bonchev–Trinajstić information content (AvgIpc) is 2.47. The van der Waals surface area contributed by atoms with Crippen LogP contribution in [0.15, 0.2) is 18.2 Å². The lowest BCUT2D eigenvalue weighted by Gasteiger charge is -2.33. The molecule has 4 nitrogen and oxygen atoms in total. The van der Waals surface area contributed by atoms with Crippen molar-refractivity contribution < 1.29 is 18.4 Å². The van der Waals surface area contributed by atoms with E-state index >= 15 is 0 Å². The number of ketones is 1. The third-order valence-corrected chi connectivity index (χ3v) is 3.94. The van der Waals surface area contributed by atoms with E-state index < -0.39 is 23.0 Å². The van der Waals surface area contributed by atoms with Gasteiger partial charge in [-0.2, -0.15) is 0 Å². The molecule has 0 heterocycles. The standard InChI is InChI=1S/C16H22F2N2O2.ClH/c1-10(2)16(3,9-19)20-15(22)7-6-14(21)11-4-5-12(17)13(18)8-11;/h4-5,8,10H,6-7,9,19H2,1-3H3,(H,20,22);1H. The van der Waals surface area contributed by atoms with Crippen molar-refractivity contribution >= 4 is 24.1 Å². The lowest BCUT2D eigenvalue weighted by atomic mass is 9.88. The number of nitrogens with two attached hydrogens (primary N) is 1. The predicted molar refractivity (Wildman–Crippen MR) is 87.6 cm³/mol. The summed E-state index contributed by atoms with van der Waals surface area (Å²) in [5.41, 5.74) is 5.19. The molecule has 23 heavy (non-hydrogen) atoms. The zero-order valence-electron chi connectivity index (χ0n) is 13.5. The van der Waals surface area contributed by atoms with E-state index in [1.165, 1.54) is 6.07 Å². The molecule has 3 N–H and O–H groups in total. The normalized spacial score (nSPS) is 13.2. The van der Waals surface area contributed by atoms with Crippen LogP contribution in [0, 0.1) is 17.6 Å². The van der Waals surface area contributed by atoms with Crippen molar-refractivity contribution in [3.63, 3.8) is 0 Å². The summed E-state index contributed by atoms with van der Waals surface area (Å²) in [5, 5.41) is 2.82. The minimum absolute atomic E-state index is 0. The number of halogens is 3. The van der Waals surface area contributed by atoms with Crippen LogP contribution in [-0.4, -0.2) is 23.8 Å². The second-order valence-electron chi connectivity index (χ2n) is 5.88. The third-order valence-electron chi connectivity index (χ3n) is 3.94. The molecule has 0 aliphatic heterocycles. The van der Waals surface area contributed by atoms with Crippen molar-refractivity contribution in [1.29, 1.82) is 0 Å². The molecular formula is C16H23ClF2N2O2. The number of Topliss-reactive ketones (excluding diaryl/α,β-unsaturated/α-hetero) is 1. The van der Waals surface area contributed by atoms with Gasteiger partial charge in [-0.3, -0.25) is 9.59 Å². The molecular weight excluding hydrogens is 326 g/mol. The summed E-state index contributed by atoms with van der Waals surface area (Å²) in [6.45, 7) is 6.01. The van der Waals surface area contributed by atoms with Crippen LogP contribution in [0.5, 0.6) is 0 Å². The molecule has 7 heteroatoms. The fourth-order valence-corrected chi connectivity index (χ4v) is 1.85. The topological polar surface area (TPSA) is 72.2 Å². The van der Waals surface area contributed by atoms with Crippen molar-refractivity contribution in [2.45, 2.75) is 39.2 Å². The Hall–Kier alpha value is -1.53. The third kappa shape index (κ3) is 5.88. The molecule has 0 aromatic heterocycles. The van der Waals surface area contributed by atoms with Crippen molar-refractivity contribution in [3.05, 3.63) is 35.4 Å². The fourth-order valence-electron chi connectivity index (χ4n) is 1.85. The molecule has 1 unspecified atom stereocenters. The Morgan fingerprint density at radius 2 is 1.83 bits per heavy atom. The molecule has 1 atom stereocenters. The van der Waals surface area contributed by atoms with Gasteiger partial charge in [-0.05, 0) is 31.0 Å². The molecule has 0 saturated carbocycles. The van der Waals surface area contributed by atoms with E-state index in [0.29, 0.717) is 0 Å². The van der Waals surface area contributed by atoms with Gasteiger partial charge in [-0.15, -0.1) is 12.4 Å². The predicted octanol–water partition coefficient (Wildman–Crippen LogP) is 2.84. The van der Waals surface area contributed by atoms with E-state index in [4.69, 9.17) is 5.73 Å². The van der Waals surface area contributed by atoms with Crippen LogP contribution < -0.4 is 11.1 Å². The van der Waals surface area contributed by atoms with E-state index in [1.807, 2.05) is 20.8 Å². The maximum Gasteiger partial charge on any atom is 0.220 e. The molecule has 0 saturated heterocycles. The van der Waals surface area contributed by atoms with Crippen LogP contribution >= 0.6 is 12.4 Å². The van der Waals surface area contributed by atoms with Crippen molar-refractivity contribution in [3.8, 4) is 0 Å². The van der Waals surface area contributed by atoms with Gasteiger partial charge >= 0.3 is 0 Å². The number of nitrogens with one attached hydrogen (secondary N) is 1. The summed E-state index contributed by atoms with van der Waals surface area (Å²) >= 11 is 0. The SMILES string of the molecule is CC(C)C(C)(CN)NC(=O)CCC(=O)c1ccc(F)c(F)c1.Cl. The Morgan fingerprint density at radius 1 is 1.22 bits per heavy atom. The highest BCUT2D eigenvalue weighted by Crippen LogP contribution is 2.16. The monoisotopic (exact) mass is 348 g/mol. The Morgan fingerprint density at radius 3 is 2.30 bits per heavy atom. The van der Waals surface area contributed by atoms with E-state index in [1.54, 1.807) is 0 Å². The minimum atomic E-state index is -1.08. The van der Waals surface area contributed by atoms with Crippen molar-refractivity contribution in [2.24, 2.45) is 11.7 Å². The summed E-state index contributed by atoms with van der Waals surface area (Å²) < 4.78 is 25.9. The van der Waals surface area contributed by atoms with Crippen LogP contribution in [0.4, 0.5) is 8.78 Å². The lowest BCUT2D eigenvalue weighted by molar-refractivity contribution is -0.123. The molecule has 0 aliphatic carbocycles. The summed E-state index contributed by atoms with van der Waals surface area (Å²) in [6, 6.07) is 2.94. The van der Waals surface area contributed by atoms with Gasteiger partial charge in [0.05, 0.1) is 5.54 Å². The highest BCUT2D eigenvalue weighted by molar-refractivity contribution is 5.98. The van der Waals surface area contributed by atoms with Gasteiger partial charge in [0.1, 0.15) is 0 Å². The van der Waals surface area contributed by atoms with E-state index in [2.05, 4.69) is 5.32 Å². The van der Waals surface area contributed by atoms with Gasteiger partial charge in [0.15, 0.2) is 17.4 Å². The number of benzene rings is 1. The van der Waals surface area contributed by atoms with E-state index in [-0.39, 0.29) is 49.2 Å². The Bertz CT molecular complexity index is 567. The van der Waals surface area contributed by atoms with Gasteiger partial charge in [0.2, 0.25) is 5.91 Å². The largest absolute Gasteiger partial charge is 0.349 e. The summed E-state index contributed by atoms with van der Waals surface area (Å²) in [6.07, 6.45) is -0.101. The molecule has 1 rings (SSSR count). The lowest BCUT2D eigenvalue weighted by Crippen LogP contribution is -2.55. The second kappa shape index (κ2) is 8.93. The summed E-state index contributed by atoms with van der Waals surface area (Å²) in [4.78, 5) is 23.8. The van der Waals surface area contributed by atoms with E-state index in [0.717, 1.165) is 12.1 Å². The van der Waals surface area contributed by atoms with E-state index in [9.17, 15) is 18.4 Å². The summed E-state index contributed by atoms with van der Waals surface area (Å²) in [5.74, 6) is -2.65. The molecule has 0 aliphatic rings. The Labute approximate surface area is 141 Å². The number of hydrogen-bond acceptors (Lipinski definition) is 3. The maximum atomic E-state index is 13.1. The van der Waals surface area contributed by atoms with Gasteiger partial charge in [-0.1, -0.05) is 13.8 Å². The van der Waals surface area contributed by atoms with Crippen LogP contribution in [0.3, 0.4) is 0 Å². The first-order valence-electron chi connectivity index (χ1n) is 7.19. The molecule has 0 bridgehead atoms. The molecule has 1 amide bonds. The smallest absolute Gasteiger partial charge is 0.220 e. The zero-order chi connectivity index (χ0) is 16.9. The molecule has 1 aromatic rings. The van der Waals surface area contributed by atoms with Gasteiger partial charge in [0.25, 0.3) is 0 Å². The fraction of sp³-hybridized carbons (Fsp3) is 0.500. The molecule has 0 fully saturated rings. The first-order chi connectivity index (χ1) is 10.2. The second-order valence-corrected chi connectivity index (χ2v) is 5.88. The van der Waals surface area contributed by atoms with Crippen molar-refractivity contribution in [2.75, 3.05) is 6.54 Å². The number of rotatable bonds is 7. The van der Waals surface area contributed by atoms with Crippen LogP contribution in [-0.2, 0) is 4.79 Å².